The largest absolute Gasteiger partial charge is 0.359 e. The number of hydrogen-bond acceptors (Lipinski definition) is 2. The van der Waals surface area contributed by atoms with Crippen LogP contribution in [0.2, 0.25) is 0 Å². The fourth-order valence-electron chi connectivity index (χ4n) is 0.949. The lowest BCUT2D eigenvalue weighted by Gasteiger charge is -2.07. The number of nitrogens with zero attached hydrogens (tertiary/aromatic N) is 1. The lowest BCUT2D eigenvalue weighted by atomic mass is 10.1. The first kappa shape index (κ1) is 8.76. The molecule has 1 atom stereocenters. The van der Waals surface area contributed by atoms with Crippen molar-refractivity contribution >= 4 is 0 Å². The minimum absolute atomic E-state index is 0.440. The standard InChI is InChI=1S/C10H10NO/c1-2-12-10(8-11)9-6-4-3-5-7-9/h4-7,10H,2H2,1H3. The Balaban J connectivity index is 2.75. The van der Waals surface area contributed by atoms with Gasteiger partial charge in [-0.25, -0.2) is 0 Å². The average Bonchev–Trinajstić information content (AvgIpc) is 2.15. The fraction of sp³-hybridized carbons (Fsp3) is 0.300. The molecule has 12 heavy (non-hydrogen) atoms. The Bertz CT molecular complexity index is 263. The number of benzene rings is 1. The van der Waals surface area contributed by atoms with E-state index >= 15 is 0 Å². The van der Waals surface area contributed by atoms with Crippen LogP contribution in [0.5, 0.6) is 0 Å². The van der Waals surface area contributed by atoms with Crippen molar-refractivity contribution in [3.63, 3.8) is 0 Å². The molecule has 2 heteroatoms. The third-order valence-electron chi connectivity index (χ3n) is 1.50. The molecule has 1 aromatic carbocycles. The first-order valence-electron chi connectivity index (χ1n) is 3.85. The molecule has 1 aromatic rings. The highest BCUT2D eigenvalue weighted by molar-refractivity contribution is 5.21. The number of nitriles is 1. The van der Waals surface area contributed by atoms with Crippen LogP contribution in [0, 0.1) is 17.4 Å². The van der Waals surface area contributed by atoms with Gasteiger partial charge < -0.3 is 4.74 Å². The SMILES string of the molecule is CCOC(C#N)c1cc[c]cc1. The van der Waals surface area contributed by atoms with E-state index in [1.165, 1.54) is 0 Å². The maximum absolute atomic E-state index is 8.73. The minimum atomic E-state index is -0.440. The zero-order valence-corrected chi connectivity index (χ0v) is 6.95. The number of hydrogen-bond donors (Lipinski definition) is 0. The summed E-state index contributed by atoms with van der Waals surface area (Å²) in [6.45, 7) is 2.43. The molecule has 0 saturated heterocycles. The van der Waals surface area contributed by atoms with Crippen molar-refractivity contribution in [3.05, 3.63) is 35.9 Å². The van der Waals surface area contributed by atoms with Crippen LogP contribution >= 0.6 is 0 Å². The van der Waals surface area contributed by atoms with Crippen LogP contribution in [0.25, 0.3) is 0 Å². The average molecular weight is 160 g/mol. The third kappa shape index (κ3) is 2.08. The van der Waals surface area contributed by atoms with Crippen molar-refractivity contribution < 1.29 is 4.74 Å². The first-order chi connectivity index (χ1) is 5.88. The second-order valence-electron chi connectivity index (χ2n) is 2.30. The van der Waals surface area contributed by atoms with Crippen molar-refractivity contribution in [2.24, 2.45) is 0 Å². The molecule has 2 nitrogen and oxygen atoms in total. The van der Waals surface area contributed by atoms with E-state index in [1.54, 1.807) is 12.1 Å². The molecule has 1 rings (SSSR count). The molecule has 0 N–H and O–H groups in total. The van der Waals surface area contributed by atoms with Crippen LogP contribution in [-0.2, 0) is 4.74 Å². The Morgan fingerprint density at radius 2 is 2.25 bits per heavy atom. The molecule has 1 radical (unpaired) electrons. The Morgan fingerprint density at radius 1 is 1.58 bits per heavy atom. The summed E-state index contributed by atoms with van der Waals surface area (Å²) in [5, 5.41) is 8.73. The highest BCUT2D eigenvalue weighted by atomic mass is 16.5. The molecular formula is C10H10NO. The summed E-state index contributed by atoms with van der Waals surface area (Å²) >= 11 is 0. The maximum Gasteiger partial charge on any atom is 0.169 e. The van der Waals surface area contributed by atoms with Gasteiger partial charge in [0, 0.05) is 6.61 Å². The Hall–Kier alpha value is -1.33. The van der Waals surface area contributed by atoms with Gasteiger partial charge in [-0.1, -0.05) is 24.3 Å². The van der Waals surface area contributed by atoms with Crippen molar-refractivity contribution in [1.82, 2.24) is 0 Å². The molecule has 0 bridgehead atoms. The molecule has 1 unspecified atom stereocenters. The predicted octanol–water partition coefficient (Wildman–Crippen LogP) is 2.09. The van der Waals surface area contributed by atoms with E-state index in [4.69, 9.17) is 10.00 Å². The van der Waals surface area contributed by atoms with Gasteiger partial charge in [-0.15, -0.1) is 0 Å². The second-order valence-corrected chi connectivity index (χ2v) is 2.30. The smallest absolute Gasteiger partial charge is 0.169 e. The van der Waals surface area contributed by atoms with Gasteiger partial charge >= 0.3 is 0 Å². The summed E-state index contributed by atoms with van der Waals surface area (Å²) in [7, 11) is 0. The summed E-state index contributed by atoms with van der Waals surface area (Å²) in [6.07, 6.45) is -0.440. The first-order valence-corrected chi connectivity index (χ1v) is 3.85. The molecule has 0 fully saturated rings. The Morgan fingerprint density at radius 3 is 2.75 bits per heavy atom. The molecule has 0 amide bonds. The normalized spacial score (nSPS) is 12.0. The van der Waals surface area contributed by atoms with Gasteiger partial charge in [-0.3, -0.25) is 0 Å². The van der Waals surface area contributed by atoms with E-state index in [0.717, 1.165) is 5.56 Å². The fourth-order valence-corrected chi connectivity index (χ4v) is 0.949. The van der Waals surface area contributed by atoms with E-state index in [9.17, 15) is 0 Å². The number of ether oxygens (including phenoxy) is 1. The summed E-state index contributed by atoms with van der Waals surface area (Å²) in [5.41, 5.74) is 0.887. The van der Waals surface area contributed by atoms with Crippen molar-refractivity contribution in [2.75, 3.05) is 6.61 Å². The zero-order chi connectivity index (χ0) is 8.81. The molecule has 0 aliphatic heterocycles. The van der Waals surface area contributed by atoms with E-state index in [1.807, 2.05) is 19.1 Å². The van der Waals surface area contributed by atoms with Crippen molar-refractivity contribution in [2.45, 2.75) is 13.0 Å². The summed E-state index contributed by atoms with van der Waals surface area (Å²) in [5.74, 6) is 0. The molecule has 61 valence electrons. The van der Waals surface area contributed by atoms with E-state index in [2.05, 4.69) is 12.1 Å². The lowest BCUT2D eigenvalue weighted by Crippen LogP contribution is -2.00. The van der Waals surface area contributed by atoms with Crippen LogP contribution in [-0.4, -0.2) is 6.61 Å². The van der Waals surface area contributed by atoms with Crippen LogP contribution in [0.3, 0.4) is 0 Å². The van der Waals surface area contributed by atoms with Gasteiger partial charge in [-0.2, -0.15) is 5.26 Å². The van der Waals surface area contributed by atoms with Crippen LogP contribution in [0.1, 0.15) is 18.6 Å². The van der Waals surface area contributed by atoms with E-state index in [-0.39, 0.29) is 0 Å². The zero-order valence-electron chi connectivity index (χ0n) is 6.95. The number of rotatable bonds is 3. The molecule has 0 aromatic heterocycles. The van der Waals surface area contributed by atoms with Gasteiger partial charge in [0.25, 0.3) is 0 Å². The summed E-state index contributed by atoms with van der Waals surface area (Å²) in [4.78, 5) is 0. The monoisotopic (exact) mass is 160 g/mol. The molecular weight excluding hydrogens is 150 g/mol. The van der Waals surface area contributed by atoms with Gasteiger partial charge in [0.1, 0.15) is 0 Å². The quantitative estimate of drug-likeness (QED) is 0.678. The van der Waals surface area contributed by atoms with Crippen LogP contribution in [0.4, 0.5) is 0 Å². The Kier molecular flexibility index (Phi) is 3.31. The molecule has 0 aliphatic rings. The van der Waals surface area contributed by atoms with Crippen molar-refractivity contribution in [1.29, 1.82) is 5.26 Å². The predicted molar refractivity (Wildman–Crippen MR) is 45.3 cm³/mol. The van der Waals surface area contributed by atoms with Gasteiger partial charge in [-0.05, 0) is 18.6 Å². The molecule has 0 saturated carbocycles. The molecule has 0 heterocycles. The molecule has 0 aliphatic carbocycles. The minimum Gasteiger partial charge on any atom is -0.359 e. The maximum atomic E-state index is 8.73. The lowest BCUT2D eigenvalue weighted by molar-refractivity contribution is 0.102. The van der Waals surface area contributed by atoms with Gasteiger partial charge in [0.2, 0.25) is 0 Å². The summed E-state index contributed by atoms with van der Waals surface area (Å²) in [6, 6.07) is 12.2. The summed E-state index contributed by atoms with van der Waals surface area (Å²) < 4.78 is 5.20. The Labute approximate surface area is 72.4 Å². The highest BCUT2D eigenvalue weighted by Crippen LogP contribution is 2.14. The van der Waals surface area contributed by atoms with E-state index in [0.29, 0.717) is 6.61 Å². The molecule has 0 spiro atoms. The van der Waals surface area contributed by atoms with Gasteiger partial charge in [0.15, 0.2) is 6.10 Å². The van der Waals surface area contributed by atoms with Crippen molar-refractivity contribution in [3.8, 4) is 6.07 Å². The van der Waals surface area contributed by atoms with E-state index < -0.39 is 6.10 Å². The third-order valence-corrected chi connectivity index (χ3v) is 1.50. The van der Waals surface area contributed by atoms with Crippen LogP contribution < -0.4 is 0 Å². The van der Waals surface area contributed by atoms with Crippen LogP contribution in [0.15, 0.2) is 24.3 Å². The highest BCUT2D eigenvalue weighted by Gasteiger charge is 2.07. The topological polar surface area (TPSA) is 33.0 Å². The van der Waals surface area contributed by atoms with Gasteiger partial charge in [0.05, 0.1) is 6.07 Å². The second kappa shape index (κ2) is 4.53.